The van der Waals surface area contributed by atoms with Gasteiger partial charge in [0.25, 0.3) is 0 Å². The zero-order valence-electron chi connectivity index (χ0n) is 20.3. The molecule has 6 rings (SSSR count). The predicted octanol–water partition coefficient (Wildman–Crippen LogP) is 7.40. The molecule has 2 heterocycles. The first-order valence-electron chi connectivity index (χ1n) is 12.2. The fraction of sp³-hybridized carbons (Fsp3) is 0.125. The van der Waals surface area contributed by atoms with Crippen molar-refractivity contribution in [1.29, 1.82) is 5.26 Å². The van der Waals surface area contributed by atoms with Gasteiger partial charge in [-0.25, -0.2) is 4.99 Å². The van der Waals surface area contributed by atoms with Gasteiger partial charge in [-0.05, 0) is 41.0 Å². The number of hydrogen-bond donors (Lipinski definition) is 1. The van der Waals surface area contributed by atoms with E-state index >= 15 is 0 Å². The average molecular weight is 467 g/mol. The molecule has 4 heteroatoms. The van der Waals surface area contributed by atoms with Crippen LogP contribution in [0, 0.1) is 11.3 Å². The van der Waals surface area contributed by atoms with Crippen LogP contribution in [0.15, 0.2) is 114 Å². The van der Waals surface area contributed by atoms with Crippen molar-refractivity contribution in [2.75, 3.05) is 4.90 Å². The number of rotatable bonds is 3. The number of fused-ring (bicyclic) bond motifs is 2. The van der Waals surface area contributed by atoms with Crippen molar-refractivity contribution in [3.63, 3.8) is 0 Å². The van der Waals surface area contributed by atoms with Gasteiger partial charge in [0.05, 0.1) is 17.1 Å². The maximum atomic E-state index is 9.79. The second-order valence-corrected chi connectivity index (χ2v) is 9.65. The summed E-state index contributed by atoms with van der Waals surface area (Å²) in [5.41, 5.74) is 9.13. The minimum atomic E-state index is -0.398. The third kappa shape index (κ3) is 3.49. The third-order valence-electron chi connectivity index (χ3n) is 7.15. The monoisotopic (exact) mass is 466 g/mol. The van der Waals surface area contributed by atoms with E-state index in [4.69, 9.17) is 4.99 Å². The first kappa shape index (κ1) is 21.9. The van der Waals surface area contributed by atoms with E-state index in [0.29, 0.717) is 5.71 Å². The molecule has 174 valence electrons. The van der Waals surface area contributed by atoms with E-state index < -0.39 is 6.17 Å². The van der Waals surface area contributed by atoms with Crippen molar-refractivity contribution in [2.45, 2.75) is 25.4 Å². The minimum absolute atomic E-state index is 0.128. The second-order valence-electron chi connectivity index (χ2n) is 9.65. The van der Waals surface area contributed by atoms with Crippen LogP contribution in [0.4, 0.5) is 17.1 Å². The van der Waals surface area contributed by atoms with Crippen LogP contribution in [-0.2, 0) is 5.41 Å². The van der Waals surface area contributed by atoms with E-state index in [1.165, 1.54) is 11.1 Å². The molecule has 0 fully saturated rings. The topological polar surface area (TPSA) is 51.4 Å². The van der Waals surface area contributed by atoms with E-state index in [1.807, 2.05) is 42.5 Å². The van der Waals surface area contributed by atoms with Gasteiger partial charge in [0.2, 0.25) is 0 Å². The average Bonchev–Trinajstić information content (AvgIpc) is 2.94. The molecule has 0 bridgehead atoms. The van der Waals surface area contributed by atoms with Gasteiger partial charge in [-0.3, -0.25) is 0 Å². The number of hydrogen-bond acceptors (Lipinski definition) is 4. The molecular formula is C32H26N4. The van der Waals surface area contributed by atoms with E-state index in [2.05, 4.69) is 96.9 Å². The van der Waals surface area contributed by atoms with Crippen LogP contribution < -0.4 is 10.2 Å². The summed E-state index contributed by atoms with van der Waals surface area (Å²) in [6.07, 6.45) is 1.42. The van der Waals surface area contributed by atoms with Gasteiger partial charge < -0.3 is 10.2 Å². The Kier molecular flexibility index (Phi) is 5.20. The quantitative estimate of drug-likeness (QED) is 0.342. The van der Waals surface area contributed by atoms with Gasteiger partial charge in [0.1, 0.15) is 17.9 Å². The number of aliphatic imine (C=N–C) groups is 1. The summed E-state index contributed by atoms with van der Waals surface area (Å²) in [6, 6.07) is 37.9. The van der Waals surface area contributed by atoms with Crippen molar-refractivity contribution in [2.24, 2.45) is 4.99 Å². The number of nitriles is 1. The lowest BCUT2D eigenvalue weighted by molar-refractivity contribution is 0.630. The SMILES string of the molecule is CC1(C)c2ccccc2N(c2ccccc2C2N=C(C#N)C=C(c3ccccc3)N2)c2ccccc21. The highest BCUT2D eigenvalue weighted by Gasteiger charge is 2.37. The lowest BCUT2D eigenvalue weighted by Crippen LogP contribution is -2.32. The van der Waals surface area contributed by atoms with Gasteiger partial charge in [-0.2, -0.15) is 5.26 Å². The smallest absolute Gasteiger partial charge is 0.148 e. The van der Waals surface area contributed by atoms with E-state index in [1.54, 1.807) is 0 Å². The Bertz CT molecular complexity index is 1510. The predicted molar refractivity (Wildman–Crippen MR) is 147 cm³/mol. The standard InChI is InChI=1S/C32H26N4/c1-32(2)25-15-7-10-18-29(25)36(30-19-11-8-16-26(30)32)28-17-9-6-14-24(28)31-34-23(21-33)20-27(35-31)22-12-4-3-5-13-22/h3-20,31,35H,1-2H3. The van der Waals surface area contributed by atoms with E-state index in [9.17, 15) is 5.26 Å². The lowest BCUT2D eigenvalue weighted by atomic mass is 9.73. The maximum absolute atomic E-state index is 9.79. The molecule has 4 aromatic rings. The van der Waals surface area contributed by atoms with E-state index in [0.717, 1.165) is 33.9 Å². The minimum Gasteiger partial charge on any atom is -0.359 e. The van der Waals surface area contributed by atoms with Gasteiger partial charge >= 0.3 is 0 Å². The molecule has 0 saturated carbocycles. The van der Waals surface area contributed by atoms with Crippen molar-refractivity contribution < 1.29 is 0 Å². The number of allylic oxidation sites excluding steroid dienone is 1. The Morgan fingerprint density at radius 3 is 1.94 bits per heavy atom. The summed E-state index contributed by atoms with van der Waals surface area (Å²) >= 11 is 0. The van der Waals surface area contributed by atoms with Crippen molar-refractivity contribution in [3.05, 3.63) is 131 Å². The largest absolute Gasteiger partial charge is 0.359 e. The second kappa shape index (κ2) is 8.55. The first-order chi connectivity index (χ1) is 17.6. The Labute approximate surface area is 211 Å². The number of nitrogens with zero attached hydrogens (tertiary/aromatic N) is 3. The third-order valence-corrected chi connectivity index (χ3v) is 7.15. The molecule has 0 spiro atoms. The first-order valence-corrected chi connectivity index (χ1v) is 12.2. The molecule has 36 heavy (non-hydrogen) atoms. The maximum Gasteiger partial charge on any atom is 0.148 e. The van der Waals surface area contributed by atoms with Crippen LogP contribution in [0.5, 0.6) is 0 Å². The highest BCUT2D eigenvalue weighted by molar-refractivity contribution is 6.11. The van der Waals surface area contributed by atoms with Crippen LogP contribution >= 0.6 is 0 Å². The Balaban J connectivity index is 1.52. The highest BCUT2D eigenvalue weighted by Crippen LogP contribution is 2.52. The molecular weight excluding hydrogens is 440 g/mol. The van der Waals surface area contributed by atoms with Gasteiger partial charge in [0.15, 0.2) is 0 Å². The summed E-state index contributed by atoms with van der Waals surface area (Å²) in [5.74, 6) is 0. The molecule has 0 radical (unpaired) electrons. The number of nitrogens with one attached hydrogen (secondary N) is 1. The summed E-state index contributed by atoms with van der Waals surface area (Å²) in [7, 11) is 0. The molecule has 4 nitrogen and oxygen atoms in total. The van der Waals surface area contributed by atoms with Crippen molar-refractivity contribution in [3.8, 4) is 6.07 Å². The zero-order valence-corrected chi connectivity index (χ0v) is 20.3. The zero-order chi connectivity index (χ0) is 24.7. The summed E-state index contributed by atoms with van der Waals surface area (Å²) in [4.78, 5) is 7.13. The van der Waals surface area contributed by atoms with E-state index in [-0.39, 0.29) is 5.41 Å². The van der Waals surface area contributed by atoms with Crippen LogP contribution in [0.1, 0.15) is 42.3 Å². The molecule has 1 atom stereocenters. The molecule has 0 saturated heterocycles. The fourth-order valence-electron chi connectivity index (χ4n) is 5.38. The summed E-state index contributed by atoms with van der Waals surface area (Å²) in [6.45, 7) is 4.58. The fourth-order valence-corrected chi connectivity index (χ4v) is 5.38. The Morgan fingerprint density at radius 1 is 0.750 bits per heavy atom. The van der Waals surface area contributed by atoms with Gasteiger partial charge in [-0.1, -0.05) is 98.8 Å². The molecule has 1 unspecified atom stereocenters. The molecule has 0 amide bonds. The van der Waals surface area contributed by atoms with Gasteiger partial charge in [-0.15, -0.1) is 0 Å². The molecule has 0 aliphatic carbocycles. The van der Waals surface area contributed by atoms with Crippen LogP contribution in [0.25, 0.3) is 5.70 Å². The number of benzene rings is 4. The van der Waals surface area contributed by atoms with Crippen molar-refractivity contribution in [1.82, 2.24) is 5.32 Å². The van der Waals surface area contributed by atoms with Crippen molar-refractivity contribution >= 4 is 28.5 Å². The molecule has 2 aliphatic heterocycles. The number of anilines is 3. The number of para-hydroxylation sites is 3. The molecule has 1 N–H and O–H groups in total. The highest BCUT2D eigenvalue weighted by atomic mass is 15.2. The molecule has 0 aromatic heterocycles. The Hall–Kier alpha value is -4.62. The van der Waals surface area contributed by atoms with Crippen LogP contribution in [0.3, 0.4) is 0 Å². The van der Waals surface area contributed by atoms with Crippen LogP contribution in [-0.4, -0.2) is 5.71 Å². The Morgan fingerprint density at radius 2 is 1.31 bits per heavy atom. The summed E-state index contributed by atoms with van der Waals surface area (Å²) < 4.78 is 0. The molecule has 4 aromatic carbocycles. The van der Waals surface area contributed by atoms with Gasteiger partial charge in [0, 0.05) is 16.7 Å². The normalized spacial score (nSPS) is 17.6. The molecule has 2 aliphatic rings. The summed E-state index contributed by atoms with van der Waals surface area (Å²) in [5, 5.41) is 13.4. The lowest BCUT2D eigenvalue weighted by Gasteiger charge is -2.43. The van der Waals surface area contributed by atoms with Crippen LogP contribution in [0.2, 0.25) is 0 Å².